The number of piperidine rings is 1. The molecule has 5 nitrogen and oxygen atoms in total. The van der Waals surface area contributed by atoms with Gasteiger partial charge in [-0.3, -0.25) is 4.79 Å². The molecule has 0 radical (unpaired) electrons. The topological polar surface area (TPSA) is 57.7 Å². The van der Waals surface area contributed by atoms with Gasteiger partial charge in [-0.05, 0) is 43.4 Å². The van der Waals surface area contributed by atoms with Crippen LogP contribution in [0.5, 0.6) is 0 Å². The fourth-order valence-electron chi connectivity index (χ4n) is 3.50. The van der Waals surface area contributed by atoms with E-state index in [2.05, 4.69) is 0 Å². The molecule has 1 aromatic rings. The summed E-state index contributed by atoms with van der Waals surface area (Å²) in [6, 6.07) is 4.83. The van der Waals surface area contributed by atoms with Crippen molar-refractivity contribution < 1.29 is 13.2 Å². The maximum atomic E-state index is 12.7. The van der Waals surface area contributed by atoms with Gasteiger partial charge >= 0.3 is 0 Å². The highest BCUT2D eigenvalue weighted by Crippen LogP contribution is 2.27. The van der Waals surface area contributed by atoms with Crippen molar-refractivity contribution in [3.05, 3.63) is 33.8 Å². The third kappa shape index (κ3) is 4.48. The van der Waals surface area contributed by atoms with E-state index in [0.29, 0.717) is 41.5 Å². The number of hydrogen-bond donors (Lipinski definition) is 0. The number of amides is 1. The molecule has 0 unspecified atom stereocenters. The molecule has 8 heteroatoms. The maximum Gasteiger partial charge on any atom is 0.225 e. The average Bonchev–Trinajstić information content (AvgIpc) is 3.11. The largest absolute Gasteiger partial charge is 0.342 e. The van der Waals surface area contributed by atoms with Crippen LogP contribution in [0.2, 0.25) is 10.0 Å². The highest BCUT2D eigenvalue weighted by atomic mass is 35.5. The Labute approximate surface area is 158 Å². The summed E-state index contributed by atoms with van der Waals surface area (Å²) in [5.41, 5.74) is 0.543. The molecule has 2 aliphatic rings. The second-order valence-electron chi connectivity index (χ2n) is 6.70. The van der Waals surface area contributed by atoms with E-state index >= 15 is 0 Å². The first-order chi connectivity index (χ1) is 11.9. The fraction of sp³-hybridized carbons (Fsp3) is 0.588. The molecule has 1 aromatic carbocycles. The van der Waals surface area contributed by atoms with Gasteiger partial charge in [0, 0.05) is 42.1 Å². The summed E-state index contributed by atoms with van der Waals surface area (Å²) in [5, 5.41) is 0.836. The van der Waals surface area contributed by atoms with Crippen LogP contribution in [0.3, 0.4) is 0 Å². The number of carbonyl (C=O) groups is 1. The number of halogens is 2. The van der Waals surface area contributed by atoms with Crippen LogP contribution in [0, 0.1) is 5.92 Å². The van der Waals surface area contributed by atoms with E-state index in [0.717, 1.165) is 25.9 Å². The van der Waals surface area contributed by atoms with Gasteiger partial charge in [0.15, 0.2) is 0 Å². The van der Waals surface area contributed by atoms with E-state index in [9.17, 15) is 13.2 Å². The number of carbonyl (C=O) groups excluding carboxylic acids is 1. The first kappa shape index (κ1) is 19.0. The minimum Gasteiger partial charge on any atom is -0.342 e. The van der Waals surface area contributed by atoms with Gasteiger partial charge in [0.05, 0.1) is 5.75 Å². The zero-order valence-electron chi connectivity index (χ0n) is 14.0. The van der Waals surface area contributed by atoms with Crippen molar-refractivity contribution >= 4 is 39.1 Å². The molecule has 3 rings (SSSR count). The number of hydrogen-bond acceptors (Lipinski definition) is 3. The molecule has 0 aliphatic carbocycles. The van der Waals surface area contributed by atoms with Gasteiger partial charge in [-0.2, -0.15) is 0 Å². The van der Waals surface area contributed by atoms with Crippen LogP contribution >= 0.6 is 23.2 Å². The molecule has 0 aromatic heterocycles. The van der Waals surface area contributed by atoms with Crippen LogP contribution in [0.25, 0.3) is 0 Å². The smallest absolute Gasteiger partial charge is 0.225 e. The third-order valence-corrected chi connectivity index (χ3v) is 7.38. The van der Waals surface area contributed by atoms with Crippen molar-refractivity contribution in [3.8, 4) is 0 Å². The van der Waals surface area contributed by atoms with E-state index in [1.165, 1.54) is 4.31 Å². The quantitative estimate of drug-likeness (QED) is 0.773. The fourth-order valence-corrected chi connectivity index (χ4v) is 5.65. The average molecular weight is 405 g/mol. The zero-order valence-corrected chi connectivity index (χ0v) is 16.3. The zero-order chi connectivity index (χ0) is 18.0. The molecular formula is C17H22Cl2N2O3S. The molecule has 0 saturated carbocycles. The van der Waals surface area contributed by atoms with E-state index in [4.69, 9.17) is 23.2 Å². The Hall–Kier alpha value is -0.820. The molecule has 0 atom stereocenters. The summed E-state index contributed by atoms with van der Waals surface area (Å²) in [6.45, 7) is 2.45. The molecule has 1 amide bonds. The van der Waals surface area contributed by atoms with E-state index < -0.39 is 10.0 Å². The van der Waals surface area contributed by atoms with Crippen LogP contribution in [-0.4, -0.2) is 49.7 Å². The molecule has 0 spiro atoms. The number of likely N-dealkylation sites (tertiary alicyclic amines) is 1. The Morgan fingerprint density at radius 1 is 1.08 bits per heavy atom. The lowest BCUT2D eigenvalue weighted by Gasteiger charge is -2.32. The van der Waals surface area contributed by atoms with Crippen LogP contribution < -0.4 is 0 Å². The standard InChI is InChI=1S/C17H22Cl2N2O3S/c18-15-4-3-14(16(19)11-15)12-25(23,24)21-9-5-13(6-10-21)17(22)20-7-1-2-8-20/h3-4,11,13H,1-2,5-10,12H2. The van der Waals surface area contributed by atoms with Crippen molar-refractivity contribution in [3.63, 3.8) is 0 Å². The number of nitrogens with zero attached hydrogens (tertiary/aromatic N) is 2. The minimum absolute atomic E-state index is 0.0522. The molecule has 0 N–H and O–H groups in total. The number of sulfonamides is 1. The first-order valence-electron chi connectivity index (χ1n) is 8.57. The first-order valence-corrected chi connectivity index (χ1v) is 10.9. The van der Waals surface area contributed by atoms with Gasteiger partial charge < -0.3 is 4.90 Å². The molecule has 0 bridgehead atoms. The summed E-state index contributed by atoms with van der Waals surface area (Å²) in [7, 11) is -3.46. The molecule has 2 heterocycles. The van der Waals surface area contributed by atoms with Crippen molar-refractivity contribution in [1.29, 1.82) is 0 Å². The van der Waals surface area contributed by atoms with Crippen LogP contribution in [0.1, 0.15) is 31.2 Å². The summed E-state index contributed by atoms with van der Waals surface area (Å²) in [6.07, 6.45) is 3.31. The summed E-state index contributed by atoms with van der Waals surface area (Å²) in [5.74, 6) is -0.00717. The molecule has 2 saturated heterocycles. The van der Waals surface area contributed by atoms with Crippen molar-refractivity contribution in [2.24, 2.45) is 5.92 Å². The lowest BCUT2D eigenvalue weighted by atomic mass is 9.97. The van der Waals surface area contributed by atoms with Gasteiger partial charge in [-0.1, -0.05) is 29.3 Å². The number of rotatable bonds is 4. The molecule has 2 fully saturated rings. The van der Waals surface area contributed by atoms with Crippen molar-refractivity contribution in [2.75, 3.05) is 26.2 Å². The Kier molecular flexibility index (Phi) is 5.93. The summed E-state index contributed by atoms with van der Waals surface area (Å²) < 4.78 is 26.8. The third-order valence-electron chi connectivity index (χ3n) is 4.97. The Morgan fingerprint density at radius 2 is 1.72 bits per heavy atom. The van der Waals surface area contributed by atoms with Crippen molar-refractivity contribution in [2.45, 2.75) is 31.4 Å². The minimum atomic E-state index is -3.46. The van der Waals surface area contributed by atoms with E-state index in [1.807, 2.05) is 4.90 Å². The molecule has 25 heavy (non-hydrogen) atoms. The summed E-state index contributed by atoms with van der Waals surface area (Å²) in [4.78, 5) is 14.4. The lowest BCUT2D eigenvalue weighted by molar-refractivity contribution is -0.135. The van der Waals surface area contributed by atoms with E-state index in [-0.39, 0.29) is 17.6 Å². The Morgan fingerprint density at radius 3 is 2.32 bits per heavy atom. The Bertz CT molecular complexity index is 740. The van der Waals surface area contributed by atoms with Crippen LogP contribution in [-0.2, 0) is 20.6 Å². The van der Waals surface area contributed by atoms with Gasteiger partial charge in [0.1, 0.15) is 0 Å². The monoisotopic (exact) mass is 404 g/mol. The second-order valence-corrected chi connectivity index (χ2v) is 9.51. The van der Waals surface area contributed by atoms with E-state index in [1.54, 1.807) is 18.2 Å². The maximum absolute atomic E-state index is 12.7. The predicted molar refractivity (Wildman–Crippen MR) is 99.2 cm³/mol. The Balaban J connectivity index is 1.60. The highest BCUT2D eigenvalue weighted by Gasteiger charge is 2.33. The number of benzene rings is 1. The van der Waals surface area contributed by atoms with Crippen LogP contribution in [0.15, 0.2) is 18.2 Å². The van der Waals surface area contributed by atoms with Gasteiger partial charge in [-0.15, -0.1) is 0 Å². The molecule has 138 valence electrons. The van der Waals surface area contributed by atoms with Gasteiger partial charge in [0.2, 0.25) is 15.9 Å². The van der Waals surface area contributed by atoms with Gasteiger partial charge in [0.25, 0.3) is 0 Å². The lowest BCUT2D eigenvalue weighted by Crippen LogP contribution is -2.44. The molecular weight excluding hydrogens is 383 g/mol. The molecule has 2 aliphatic heterocycles. The van der Waals surface area contributed by atoms with Crippen molar-refractivity contribution in [1.82, 2.24) is 9.21 Å². The second kappa shape index (κ2) is 7.82. The SMILES string of the molecule is O=C(C1CCN(S(=O)(=O)Cc2ccc(Cl)cc2Cl)CC1)N1CCCC1. The predicted octanol–water partition coefficient (Wildman–Crippen LogP) is 3.16. The van der Waals surface area contributed by atoms with Gasteiger partial charge in [-0.25, -0.2) is 12.7 Å². The van der Waals surface area contributed by atoms with Crippen LogP contribution in [0.4, 0.5) is 0 Å². The normalized spacial score (nSPS) is 20.2. The highest BCUT2D eigenvalue weighted by molar-refractivity contribution is 7.88. The summed E-state index contributed by atoms with van der Waals surface area (Å²) >= 11 is 12.0.